The van der Waals surface area contributed by atoms with Crippen molar-refractivity contribution in [2.45, 2.75) is 51.1 Å². The third kappa shape index (κ3) is 3.70. The molecule has 0 saturated carbocycles. The summed E-state index contributed by atoms with van der Waals surface area (Å²) in [5.74, 6) is 0.817. The summed E-state index contributed by atoms with van der Waals surface area (Å²) < 4.78 is 0. The van der Waals surface area contributed by atoms with Crippen molar-refractivity contribution < 1.29 is 9.59 Å². The van der Waals surface area contributed by atoms with Crippen molar-refractivity contribution in [3.63, 3.8) is 0 Å². The van der Waals surface area contributed by atoms with Gasteiger partial charge in [-0.25, -0.2) is 0 Å². The van der Waals surface area contributed by atoms with E-state index in [2.05, 4.69) is 24.1 Å². The maximum Gasteiger partial charge on any atom is 0.253 e. The van der Waals surface area contributed by atoms with Gasteiger partial charge in [-0.3, -0.25) is 14.5 Å². The number of hydrogen-bond donors (Lipinski definition) is 1. The smallest absolute Gasteiger partial charge is 0.253 e. The third-order valence-corrected chi connectivity index (χ3v) is 7.67. The second kappa shape index (κ2) is 8.22. The highest BCUT2D eigenvalue weighted by Gasteiger charge is 2.57. The van der Waals surface area contributed by atoms with Gasteiger partial charge in [0.15, 0.2) is 0 Å². The second-order valence-corrected chi connectivity index (χ2v) is 9.68. The molecule has 164 valence electrons. The van der Waals surface area contributed by atoms with Crippen molar-refractivity contribution >= 4 is 17.5 Å². The molecule has 30 heavy (non-hydrogen) atoms. The van der Waals surface area contributed by atoms with Gasteiger partial charge in [0.1, 0.15) is 0 Å². The minimum absolute atomic E-state index is 0.0978. The zero-order chi connectivity index (χ0) is 21.5. The Bertz CT molecular complexity index is 783. The van der Waals surface area contributed by atoms with E-state index in [0.717, 1.165) is 37.2 Å². The normalized spacial score (nSPS) is 26.5. The highest BCUT2D eigenvalue weighted by Crippen LogP contribution is 2.44. The lowest BCUT2D eigenvalue weighted by atomic mass is 9.75. The fraction of sp³-hybridized carbons (Fsp3) is 0.667. The quantitative estimate of drug-likeness (QED) is 0.808. The Balaban J connectivity index is 1.41. The van der Waals surface area contributed by atoms with Gasteiger partial charge in [-0.05, 0) is 50.5 Å². The number of nitrogens with zero attached hydrogens (tertiary/aromatic N) is 3. The first kappa shape index (κ1) is 21.2. The molecule has 0 radical (unpaired) electrons. The molecule has 3 aliphatic heterocycles. The van der Waals surface area contributed by atoms with Gasteiger partial charge in [0.05, 0.1) is 5.92 Å². The van der Waals surface area contributed by atoms with Gasteiger partial charge in [-0.1, -0.05) is 13.3 Å². The molecule has 6 heteroatoms. The summed E-state index contributed by atoms with van der Waals surface area (Å²) in [6.07, 6.45) is 4.08. The fourth-order valence-corrected chi connectivity index (χ4v) is 5.74. The van der Waals surface area contributed by atoms with Crippen molar-refractivity contribution in [1.29, 1.82) is 0 Å². The lowest BCUT2D eigenvalue weighted by Crippen LogP contribution is -2.56. The van der Waals surface area contributed by atoms with Crippen molar-refractivity contribution in [3.05, 3.63) is 29.8 Å². The number of likely N-dealkylation sites (tertiary alicyclic amines) is 2. The van der Waals surface area contributed by atoms with E-state index in [1.54, 1.807) is 0 Å². The molecule has 1 aromatic rings. The Morgan fingerprint density at radius 2 is 1.87 bits per heavy atom. The summed E-state index contributed by atoms with van der Waals surface area (Å²) in [6.45, 7) is 7.83. The van der Waals surface area contributed by atoms with E-state index < -0.39 is 0 Å². The molecule has 0 bridgehead atoms. The summed E-state index contributed by atoms with van der Waals surface area (Å²) >= 11 is 0. The summed E-state index contributed by atoms with van der Waals surface area (Å²) in [4.78, 5) is 32.3. The van der Waals surface area contributed by atoms with Crippen LogP contribution in [0.15, 0.2) is 24.3 Å². The molecule has 1 N–H and O–H groups in total. The van der Waals surface area contributed by atoms with Crippen LogP contribution in [0.4, 0.5) is 5.69 Å². The first-order valence-corrected chi connectivity index (χ1v) is 11.5. The summed E-state index contributed by atoms with van der Waals surface area (Å²) in [7, 11) is 3.99. The van der Waals surface area contributed by atoms with E-state index in [-0.39, 0.29) is 23.3 Å². The van der Waals surface area contributed by atoms with Crippen LogP contribution in [-0.2, 0) is 4.79 Å². The standard InChI is InChI=1S/C24H36N4O2/c1-5-6-17(2)28-15-20-21(16-28)24(25-22(20)29)11-13-27(14-12-24)23(30)18-7-9-19(10-8-18)26(3)4/h7-10,17,20-21H,5-6,11-16H2,1-4H3,(H,25,29)/t17?,20-,21+/m1/s1. The van der Waals surface area contributed by atoms with E-state index in [1.165, 1.54) is 12.8 Å². The summed E-state index contributed by atoms with van der Waals surface area (Å²) in [5, 5.41) is 3.37. The number of fused-ring (bicyclic) bond motifs is 2. The van der Waals surface area contributed by atoms with Gasteiger partial charge in [-0.2, -0.15) is 0 Å². The van der Waals surface area contributed by atoms with Crippen molar-refractivity contribution in [2.75, 3.05) is 45.2 Å². The number of carbonyl (C=O) groups is 2. The van der Waals surface area contributed by atoms with Gasteiger partial charge >= 0.3 is 0 Å². The maximum absolute atomic E-state index is 13.0. The van der Waals surface area contributed by atoms with Crippen molar-refractivity contribution in [1.82, 2.24) is 15.1 Å². The van der Waals surface area contributed by atoms with Gasteiger partial charge in [0, 0.05) is 69.0 Å². The minimum atomic E-state index is -0.131. The molecular formula is C24H36N4O2. The van der Waals surface area contributed by atoms with Gasteiger partial charge in [0.25, 0.3) is 5.91 Å². The Labute approximate surface area is 180 Å². The molecule has 0 aliphatic carbocycles. The third-order valence-electron chi connectivity index (χ3n) is 7.67. The van der Waals surface area contributed by atoms with Crippen LogP contribution in [0.1, 0.15) is 49.9 Å². The monoisotopic (exact) mass is 412 g/mol. The van der Waals surface area contributed by atoms with Crippen LogP contribution in [-0.4, -0.2) is 73.5 Å². The molecule has 3 fully saturated rings. The number of piperidine rings is 1. The number of hydrogen-bond acceptors (Lipinski definition) is 4. The molecule has 3 saturated heterocycles. The van der Waals surface area contributed by atoms with E-state index >= 15 is 0 Å². The summed E-state index contributed by atoms with van der Waals surface area (Å²) in [6, 6.07) is 8.35. The van der Waals surface area contributed by atoms with E-state index in [0.29, 0.717) is 25.0 Å². The average molecular weight is 413 g/mol. The Morgan fingerprint density at radius 1 is 1.20 bits per heavy atom. The van der Waals surface area contributed by atoms with Crippen LogP contribution in [0.2, 0.25) is 0 Å². The highest BCUT2D eigenvalue weighted by molar-refractivity contribution is 5.94. The zero-order valence-corrected chi connectivity index (χ0v) is 18.9. The molecule has 1 aromatic carbocycles. The van der Waals surface area contributed by atoms with Crippen LogP contribution >= 0.6 is 0 Å². The number of benzene rings is 1. The molecular weight excluding hydrogens is 376 g/mol. The number of rotatable bonds is 5. The predicted octanol–water partition coefficient (Wildman–Crippen LogP) is 2.59. The molecule has 1 spiro atoms. The Hall–Kier alpha value is -2.08. The lowest BCUT2D eigenvalue weighted by Gasteiger charge is -2.43. The van der Waals surface area contributed by atoms with Crippen LogP contribution in [0.3, 0.4) is 0 Å². The molecule has 0 aromatic heterocycles. The maximum atomic E-state index is 13.0. The fourth-order valence-electron chi connectivity index (χ4n) is 5.74. The lowest BCUT2D eigenvalue weighted by molar-refractivity contribution is -0.123. The van der Waals surface area contributed by atoms with Crippen LogP contribution in [0.5, 0.6) is 0 Å². The number of nitrogens with one attached hydrogen (secondary N) is 1. The molecule has 6 nitrogen and oxygen atoms in total. The summed E-state index contributed by atoms with van der Waals surface area (Å²) in [5.41, 5.74) is 1.70. The second-order valence-electron chi connectivity index (χ2n) is 9.68. The number of anilines is 1. The van der Waals surface area contributed by atoms with E-state index in [1.807, 2.05) is 48.2 Å². The van der Waals surface area contributed by atoms with Crippen molar-refractivity contribution in [3.8, 4) is 0 Å². The topological polar surface area (TPSA) is 55.9 Å². The van der Waals surface area contributed by atoms with Crippen LogP contribution in [0, 0.1) is 11.8 Å². The minimum Gasteiger partial charge on any atom is -0.378 e. The molecule has 3 atom stereocenters. The zero-order valence-electron chi connectivity index (χ0n) is 18.9. The molecule has 3 heterocycles. The SMILES string of the molecule is CCCC(C)N1C[C@H]2C(=O)NC3(CCN(C(=O)c4ccc(N(C)C)cc4)CC3)[C@H]2C1. The van der Waals surface area contributed by atoms with Gasteiger partial charge in [0.2, 0.25) is 5.91 Å². The number of carbonyl (C=O) groups excluding carboxylic acids is 2. The van der Waals surface area contributed by atoms with E-state index in [4.69, 9.17) is 0 Å². The highest BCUT2D eigenvalue weighted by atomic mass is 16.2. The first-order chi connectivity index (χ1) is 14.3. The molecule has 2 amide bonds. The van der Waals surface area contributed by atoms with Gasteiger partial charge < -0.3 is 15.1 Å². The van der Waals surface area contributed by atoms with Crippen molar-refractivity contribution in [2.24, 2.45) is 11.8 Å². The Kier molecular flexibility index (Phi) is 5.80. The van der Waals surface area contributed by atoms with Crippen LogP contribution in [0.25, 0.3) is 0 Å². The molecule has 4 rings (SSSR count). The first-order valence-electron chi connectivity index (χ1n) is 11.5. The molecule has 1 unspecified atom stereocenters. The largest absolute Gasteiger partial charge is 0.378 e. The van der Waals surface area contributed by atoms with Gasteiger partial charge in [-0.15, -0.1) is 0 Å². The number of amides is 2. The molecule has 3 aliphatic rings. The Morgan fingerprint density at radius 3 is 2.47 bits per heavy atom. The predicted molar refractivity (Wildman–Crippen MR) is 120 cm³/mol. The van der Waals surface area contributed by atoms with E-state index in [9.17, 15) is 9.59 Å². The average Bonchev–Trinajstić information content (AvgIpc) is 3.29. The van der Waals surface area contributed by atoms with Crippen LogP contribution < -0.4 is 10.2 Å².